The highest BCUT2D eigenvalue weighted by molar-refractivity contribution is 6.23. The van der Waals surface area contributed by atoms with Gasteiger partial charge in [0.2, 0.25) is 0 Å². The molecule has 0 spiro atoms. The molecule has 0 atom stereocenters. The fraction of sp³-hybridized carbons (Fsp3) is 0.217. The summed E-state index contributed by atoms with van der Waals surface area (Å²) in [4.78, 5) is 26.7. The van der Waals surface area contributed by atoms with E-state index in [1.807, 2.05) is 6.92 Å². The Balaban J connectivity index is 2.08. The Morgan fingerprint density at radius 3 is 2.39 bits per heavy atom. The number of alkyl halides is 3. The van der Waals surface area contributed by atoms with Crippen LogP contribution in [-0.4, -0.2) is 25.6 Å². The minimum atomic E-state index is -4.57. The van der Waals surface area contributed by atoms with Gasteiger partial charge in [0.15, 0.2) is 0 Å². The number of anilines is 1. The first kappa shape index (κ1) is 22.1. The van der Waals surface area contributed by atoms with E-state index >= 15 is 0 Å². The number of esters is 1. The van der Waals surface area contributed by atoms with Crippen LogP contribution in [-0.2, 0) is 20.5 Å². The van der Waals surface area contributed by atoms with Gasteiger partial charge in [-0.25, -0.2) is 4.79 Å². The molecule has 0 saturated carbocycles. The fourth-order valence-electron chi connectivity index (χ4n) is 3.31. The molecule has 1 amide bonds. The lowest BCUT2D eigenvalue weighted by atomic mass is 10.0. The Labute approximate surface area is 177 Å². The smallest absolute Gasteiger partial charge is 0.416 e. The molecule has 2 aromatic carbocycles. The maximum absolute atomic E-state index is 13.2. The van der Waals surface area contributed by atoms with E-state index in [2.05, 4.69) is 0 Å². The molecule has 1 heterocycles. The average molecular weight is 431 g/mol. The highest BCUT2D eigenvalue weighted by Crippen LogP contribution is 2.38. The number of benzene rings is 2. The normalized spacial score (nSPS) is 15.6. The van der Waals surface area contributed by atoms with Crippen LogP contribution in [0.3, 0.4) is 0 Å². The van der Waals surface area contributed by atoms with Crippen LogP contribution in [0, 0.1) is 0 Å². The van der Waals surface area contributed by atoms with Crippen molar-refractivity contribution in [3.8, 4) is 5.75 Å². The molecule has 0 fully saturated rings. The first-order valence-electron chi connectivity index (χ1n) is 9.43. The highest BCUT2D eigenvalue weighted by Gasteiger charge is 2.39. The van der Waals surface area contributed by atoms with Crippen molar-refractivity contribution in [1.29, 1.82) is 0 Å². The summed E-state index contributed by atoms with van der Waals surface area (Å²) in [5, 5.41) is 0. The Morgan fingerprint density at radius 2 is 1.81 bits per heavy atom. The number of carbonyl (C=O) groups is 2. The number of hydrogen-bond donors (Lipinski definition) is 0. The molecule has 0 unspecified atom stereocenters. The topological polar surface area (TPSA) is 55.8 Å². The van der Waals surface area contributed by atoms with Crippen LogP contribution >= 0.6 is 0 Å². The Morgan fingerprint density at radius 1 is 1.13 bits per heavy atom. The number of amides is 1. The van der Waals surface area contributed by atoms with Gasteiger partial charge in [0.05, 0.1) is 30.4 Å². The van der Waals surface area contributed by atoms with Crippen molar-refractivity contribution >= 4 is 23.6 Å². The van der Waals surface area contributed by atoms with Gasteiger partial charge >= 0.3 is 12.1 Å². The lowest BCUT2D eigenvalue weighted by Crippen LogP contribution is -2.24. The largest absolute Gasteiger partial charge is 0.494 e. The van der Waals surface area contributed by atoms with E-state index in [4.69, 9.17) is 9.47 Å². The third-order valence-corrected chi connectivity index (χ3v) is 4.72. The summed E-state index contributed by atoms with van der Waals surface area (Å²) in [6, 6.07) is 11.2. The maximum atomic E-state index is 13.2. The second-order valence-electron chi connectivity index (χ2n) is 6.70. The number of hydrogen-bond acceptors (Lipinski definition) is 4. The molecule has 0 aromatic heterocycles. The molecule has 0 bridgehead atoms. The zero-order valence-corrected chi connectivity index (χ0v) is 17.1. The molecule has 5 nitrogen and oxygen atoms in total. The van der Waals surface area contributed by atoms with Gasteiger partial charge in [0.25, 0.3) is 5.91 Å². The van der Waals surface area contributed by atoms with E-state index in [1.165, 1.54) is 32.2 Å². The van der Waals surface area contributed by atoms with Crippen LogP contribution in [0.15, 0.2) is 65.4 Å². The van der Waals surface area contributed by atoms with E-state index in [0.717, 1.165) is 17.0 Å². The van der Waals surface area contributed by atoms with E-state index < -0.39 is 23.6 Å². The number of nitrogens with zero attached hydrogens (tertiary/aromatic N) is 1. The second kappa shape index (κ2) is 8.67. The number of rotatable bonds is 5. The van der Waals surface area contributed by atoms with Gasteiger partial charge < -0.3 is 9.47 Å². The fourth-order valence-corrected chi connectivity index (χ4v) is 3.31. The van der Waals surface area contributed by atoms with Crippen LogP contribution < -0.4 is 9.64 Å². The Kier molecular flexibility index (Phi) is 6.19. The van der Waals surface area contributed by atoms with Crippen LogP contribution in [0.25, 0.3) is 6.08 Å². The summed E-state index contributed by atoms with van der Waals surface area (Å²) in [5.41, 5.74) is -0.0482. The van der Waals surface area contributed by atoms with Gasteiger partial charge in [-0.2, -0.15) is 13.2 Å². The number of methoxy groups -OCH3 is 1. The van der Waals surface area contributed by atoms with E-state index in [-0.39, 0.29) is 22.5 Å². The van der Waals surface area contributed by atoms with Gasteiger partial charge in [-0.15, -0.1) is 0 Å². The van der Waals surface area contributed by atoms with Crippen LogP contribution in [0.5, 0.6) is 5.75 Å². The molecule has 0 aliphatic carbocycles. The summed E-state index contributed by atoms with van der Waals surface area (Å²) in [5.74, 6) is -0.725. The molecule has 31 heavy (non-hydrogen) atoms. The van der Waals surface area contributed by atoms with Gasteiger partial charge in [0.1, 0.15) is 5.75 Å². The third-order valence-electron chi connectivity index (χ3n) is 4.72. The minimum Gasteiger partial charge on any atom is -0.494 e. The van der Waals surface area contributed by atoms with Crippen LogP contribution in [0.1, 0.15) is 25.0 Å². The Bertz CT molecular complexity index is 1070. The molecule has 162 valence electrons. The summed E-state index contributed by atoms with van der Waals surface area (Å²) >= 11 is 0. The molecule has 0 saturated heterocycles. The van der Waals surface area contributed by atoms with Crippen LogP contribution in [0.4, 0.5) is 18.9 Å². The first-order chi connectivity index (χ1) is 14.7. The maximum Gasteiger partial charge on any atom is 0.416 e. The molecule has 0 radical (unpaired) electrons. The van der Waals surface area contributed by atoms with Crippen LogP contribution in [0.2, 0.25) is 0 Å². The number of ether oxygens (including phenoxy) is 2. The number of halogens is 3. The molecular weight excluding hydrogens is 411 g/mol. The predicted molar refractivity (Wildman–Crippen MR) is 109 cm³/mol. The molecule has 8 heteroatoms. The molecule has 0 N–H and O–H groups in total. The first-order valence-corrected chi connectivity index (χ1v) is 9.43. The summed E-state index contributed by atoms with van der Waals surface area (Å²) in [6.07, 6.45) is -3.07. The zero-order valence-electron chi connectivity index (χ0n) is 17.1. The van der Waals surface area contributed by atoms with Crippen molar-refractivity contribution in [3.05, 3.63) is 76.5 Å². The van der Waals surface area contributed by atoms with Crippen molar-refractivity contribution in [2.24, 2.45) is 0 Å². The highest BCUT2D eigenvalue weighted by atomic mass is 19.4. The van der Waals surface area contributed by atoms with Crippen molar-refractivity contribution < 1.29 is 32.2 Å². The van der Waals surface area contributed by atoms with Crippen molar-refractivity contribution in [3.63, 3.8) is 0 Å². The molecule has 2 aromatic rings. The quantitative estimate of drug-likeness (QED) is 0.495. The summed E-state index contributed by atoms with van der Waals surface area (Å²) in [6.45, 7) is 3.84. The molecule has 3 rings (SSSR count). The average Bonchev–Trinajstić information content (AvgIpc) is 2.98. The monoisotopic (exact) mass is 431 g/mol. The number of carbonyl (C=O) groups excluding carboxylic acids is 2. The standard InChI is InChI=1S/C23H20F3NO4/c1-4-31-18-10-8-15(9-11-18)12-19-20(22(29)30-3)14(2)27(21(19)28)17-7-5-6-16(13-17)23(24,25)26/h5-13H,4H2,1-3H3/b19-12-. The van der Waals surface area contributed by atoms with Crippen molar-refractivity contribution in [2.75, 3.05) is 18.6 Å². The number of allylic oxidation sites excluding steroid dienone is 1. The van der Waals surface area contributed by atoms with E-state index in [0.29, 0.717) is 17.9 Å². The lowest BCUT2D eigenvalue weighted by molar-refractivity contribution is -0.137. The van der Waals surface area contributed by atoms with Gasteiger partial charge in [-0.05, 0) is 55.8 Å². The summed E-state index contributed by atoms with van der Waals surface area (Å²) < 4.78 is 49.7. The van der Waals surface area contributed by atoms with E-state index in [9.17, 15) is 22.8 Å². The minimum absolute atomic E-state index is 0.00111. The van der Waals surface area contributed by atoms with Gasteiger partial charge in [-0.3, -0.25) is 9.69 Å². The van der Waals surface area contributed by atoms with Gasteiger partial charge in [-0.1, -0.05) is 18.2 Å². The second-order valence-corrected chi connectivity index (χ2v) is 6.70. The van der Waals surface area contributed by atoms with Crippen molar-refractivity contribution in [2.45, 2.75) is 20.0 Å². The summed E-state index contributed by atoms with van der Waals surface area (Å²) in [7, 11) is 1.18. The Hall–Kier alpha value is -3.55. The van der Waals surface area contributed by atoms with Gasteiger partial charge in [0, 0.05) is 11.4 Å². The lowest BCUT2D eigenvalue weighted by Gasteiger charge is -2.19. The third kappa shape index (κ3) is 4.47. The molecular formula is C23H20F3NO4. The zero-order chi connectivity index (χ0) is 22.8. The molecule has 1 aliphatic heterocycles. The SMILES string of the molecule is CCOc1ccc(/C=C2\C(=O)N(c3cccc(C(F)(F)F)c3)C(C)=C2C(=O)OC)cc1. The predicted octanol–water partition coefficient (Wildman–Crippen LogP) is 4.98. The molecule has 1 aliphatic rings. The van der Waals surface area contributed by atoms with E-state index in [1.54, 1.807) is 24.3 Å². The van der Waals surface area contributed by atoms with Crippen molar-refractivity contribution in [1.82, 2.24) is 0 Å².